The molecular formula is C24H21N3O3. The zero-order chi connectivity index (χ0) is 21.1. The number of para-hydroxylation sites is 1. The number of imidazole rings is 1. The largest absolute Gasteiger partial charge is 0.448 e. The first-order valence-electron chi connectivity index (χ1n) is 9.64. The topological polar surface area (TPSA) is 72.7 Å². The monoisotopic (exact) mass is 399 g/mol. The molecule has 4 rings (SSSR count). The van der Waals surface area contributed by atoms with E-state index in [4.69, 9.17) is 4.74 Å². The molecule has 4 aromatic rings. The van der Waals surface area contributed by atoms with Crippen LogP contribution in [0.15, 0.2) is 79.0 Å². The van der Waals surface area contributed by atoms with Gasteiger partial charge in [-0.15, -0.1) is 0 Å². The van der Waals surface area contributed by atoms with Crippen LogP contribution < -0.4 is 5.32 Å². The first-order chi connectivity index (χ1) is 14.5. The minimum Gasteiger partial charge on any atom is -0.448 e. The molecule has 30 heavy (non-hydrogen) atoms. The van der Waals surface area contributed by atoms with E-state index >= 15 is 0 Å². The van der Waals surface area contributed by atoms with Crippen molar-refractivity contribution in [3.8, 4) is 11.1 Å². The maximum atomic E-state index is 12.7. The van der Waals surface area contributed by atoms with Crippen molar-refractivity contribution >= 4 is 23.2 Å². The second-order valence-electron chi connectivity index (χ2n) is 6.97. The number of esters is 1. The lowest BCUT2D eigenvalue weighted by Gasteiger charge is -2.15. The fraction of sp³-hybridized carbons (Fsp3) is 0.125. The Morgan fingerprint density at radius 3 is 2.47 bits per heavy atom. The highest BCUT2D eigenvalue weighted by atomic mass is 16.5. The maximum absolute atomic E-state index is 12.7. The van der Waals surface area contributed by atoms with Gasteiger partial charge in [0.25, 0.3) is 5.91 Å². The smallest absolute Gasteiger partial charge is 0.359 e. The number of aromatic nitrogens is 2. The Labute approximate surface area is 174 Å². The summed E-state index contributed by atoms with van der Waals surface area (Å²) >= 11 is 0. The average Bonchev–Trinajstić information content (AvgIpc) is 3.21. The number of amides is 1. The number of fused-ring (bicyclic) bond motifs is 1. The molecule has 6 nitrogen and oxygen atoms in total. The number of carbonyl (C=O) groups excluding carboxylic acids is 2. The predicted molar refractivity (Wildman–Crippen MR) is 115 cm³/mol. The van der Waals surface area contributed by atoms with E-state index < -0.39 is 18.0 Å². The molecule has 2 heterocycles. The summed E-state index contributed by atoms with van der Waals surface area (Å²) in [6.07, 6.45) is 0.634. The highest BCUT2D eigenvalue weighted by Crippen LogP contribution is 2.27. The number of ether oxygens (including phenoxy) is 1. The number of pyridine rings is 1. The number of carbonyl (C=O) groups is 2. The van der Waals surface area contributed by atoms with Crippen LogP contribution in [0.5, 0.6) is 0 Å². The maximum Gasteiger partial charge on any atom is 0.359 e. The van der Waals surface area contributed by atoms with E-state index in [9.17, 15) is 9.59 Å². The van der Waals surface area contributed by atoms with Gasteiger partial charge in [0, 0.05) is 23.1 Å². The van der Waals surface area contributed by atoms with Crippen molar-refractivity contribution < 1.29 is 14.3 Å². The Hall–Kier alpha value is -3.93. The summed E-state index contributed by atoms with van der Waals surface area (Å²) in [5.74, 6) is -1.05. The van der Waals surface area contributed by atoms with Crippen LogP contribution in [0.2, 0.25) is 0 Å². The molecule has 150 valence electrons. The Kier molecular flexibility index (Phi) is 5.30. The lowest BCUT2D eigenvalue weighted by atomic mass is 10.0. The third kappa shape index (κ3) is 3.93. The van der Waals surface area contributed by atoms with Crippen molar-refractivity contribution in [2.75, 3.05) is 5.32 Å². The second kappa shape index (κ2) is 8.21. The van der Waals surface area contributed by atoms with Crippen LogP contribution in [-0.2, 0) is 9.53 Å². The Morgan fingerprint density at radius 2 is 1.70 bits per heavy atom. The number of rotatable bonds is 5. The third-order valence-corrected chi connectivity index (χ3v) is 4.83. The molecule has 1 N–H and O–H groups in total. The minimum atomic E-state index is -0.979. The molecule has 1 amide bonds. The summed E-state index contributed by atoms with van der Waals surface area (Å²) in [5.41, 5.74) is 4.28. The van der Waals surface area contributed by atoms with Gasteiger partial charge in [-0.1, -0.05) is 54.6 Å². The van der Waals surface area contributed by atoms with E-state index in [-0.39, 0.29) is 5.69 Å². The fourth-order valence-electron chi connectivity index (χ4n) is 3.22. The van der Waals surface area contributed by atoms with Gasteiger partial charge in [-0.3, -0.25) is 4.79 Å². The van der Waals surface area contributed by atoms with E-state index in [0.717, 1.165) is 16.8 Å². The van der Waals surface area contributed by atoms with Gasteiger partial charge >= 0.3 is 5.97 Å². The normalized spacial score (nSPS) is 11.8. The molecule has 0 fully saturated rings. The van der Waals surface area contributed by atoms with Gasteiger partial charge in [0.1, 0.15) is 5.65 Å². The first-order valence-corrected chi connectivity index (χ1v) is 9.64. The molecule has 0 aliphatic carbocycles. The van der Waals surface area contributed by atoms with Gasteiger partial charge in [-0.2, -0.15) is 0 Å². The van der Waals surface area contributed by atoms with Crippen molar-refractivity contribution in [1.29, 1.82) is 0 Å². The number of anilines is 1. The van der Waals surface area contributed by atoms with Gasteiger partial charge in [-0.05, 0) is 37.6 Å². The highest BCUT2D eigenvalue weighted by molar-refractivity contribution is 5.99. The van der Waals surface area contributed by atoms with Crippen molar-refractivity contribution in [1.82, 2.24) is 9.38 Å². The summed E-state index contributed by atoms with van der Waals surface area (Å²) in [7, 11) is 0. The minimum absolute atomic E-state index is 0.161. The molecular weight excluding hydrogens is 378 g/mol. The van der Waals surface area contributed by atoms with Crippen LogP contribution in [0.1, 0.15) is 23.1 Å². The van der Waals surface area contributed by atoms with Crippen LogP contribution in [0.3, 0.4) is 0 Å². The number of nitrogens with one attached hydrogen (secondary N) is 1. The van der Waals surface area contributed by atoms with Crippen LogP contribution in [0.4, 0.5) is 5.69 Å². The molecule has 0 radical (unpaired) electrons. The van der Waals surface area contributed by atoms with Crippen molar-refractivity contribution in [2.24, 2.45) is 0 Å². The summed E-state index contributed by atoms with van der Waals surface area (Å²) in [6, 6.07) is 22.9. The Balaban J connectivity index is 1.48. The predicted octanol–water partition coefficient (Wildman–Crippen LogP) is 4.49. The average molecular weight is 399 g/mol. The lowest BCUT2D eigenvalue weighted by molar-refractivity contribution is -0.123. The molecule has 2 aromatic carbocycles. The molecule has 0 aliphatic heterocycles. The fourth-order valence-corrected chi connectivity index (χ4v) is 3.22. The van der Waals surface area contributed by atoms with Crippen LogP contribution in [0.25, 0.3) is 16.8 Å². The first kappa shape index (κ1) is 19.4. The highest BCUT2D eigenvalue weighted by Gasteiger charge is 2.22. The molecule has 2 aromatic heterocycles. The number of benzene rings is 2. The standard InChI is InChI=1S/C24H21N3O3/c1-16-9-8-14-22-25-21(15-27(16)22)24(29)30-17(2)23(28)26-20-13-7-6-12-19(20)18-10-4-3-5-11-18/h3-15,17H,1-2H3,(H,26,28). The van der Waals surface area contributed by atoms with E-state index in [1.54, 1.807) is 23.6 Å². The number of hydrogen-bond donors (Lipinski definition) is 1. The van der Waals surface area contributed by atoms with E-state index in [2.05, 4.69) is 10.3 Å². The summed E-state index contributed by atoms with van der Waals surface area (Å²) in [6.45, 7) is 3.46. The molecule has 0 saturated carbocycles. The van der Waals surface area contributed by atoms with Crippen molar-refractivity contribution in [2.45, 2.75) is 20.0 Å². The van der Waals surface area contributed by atoms with Crippen LogP contribution >= 0.6 is 0 Å². The van der Waals surface area contributed by atoms with Gasteiger partial charge in [-0.25, -0.2) is 9.78 Å². The summed E-state index contributed by atoms with van der Waals surface area (Å²) < 4.78 is 7.16. The van der Waals surface area contributed by atoms with Crippen LogP contribution in [0, 0.1) is 6.92 Å². The molecule has 0 aliphatic rings. The van der Waals surface area contributed by atoms with Crippen LogP contribution in [-0.4, -0.2) is 27.4 Å². The number of hydrogen-bond acceptors (Lipinski definition) is 4. The Bertz CT molecular complexity index is 1210. The summed E-state index contributed by atoms with van der Waals surface area (Å²) in [5, 5.41) is 2.86. The molecule has 1 unspecified atom stereocenters. The van der Waals surface area contributed by atoms with E-state index in [1.165, 1.54) is 0 Å². The quantitative estimate of drug-likeness (QED) is 0.502. The second-order valence-corrected chi connectivity index (χ2v) is 6.97. The molecule has 1 atom stereocenters. The van der Waals surface area contributed by atoms with Crippen molar-refractivity contribution in [3.63, 3.8) is 0 Å². The van der Waals surface area contributed by atoms with Crippen molar-refractivity contribution in [3.05, 3.63) is 90.4 Å². The third-order valence-electron chi connectivity index (χ3n) is 4.83. The van der Waals surface area contributed by atoms with Gasteiger partial charge in [0.15, 0.2) is 11.8 Å². The lowest BCUT2D eigenvalue weighted by Crippen LogP contribution is -2.30. The zero-order valence-corrected chi connectivity index (χ0v) is 16.7. The zero-order valence-electron chi connectivity index (χ0n) is 16.7. The molecule has 0 bridgehead atoms. The Morgan fingerprint density at radius 1 is 0.967 bits per heavy atom. The number of nitrogens with zero attached hydrogens (tertiary/aromatic N) is 2. The SMILES string of the molecule is Cc1cccc2nc(C(=O)OC(C)C(=O)Nc3ccccc3-c3ccccc3)cn12. The number of aryl methyl sites for hydroxylation is 1. The van der Waals surface area contributed by atoms with Gasteiger partial charge in [0.2, 0.25) is 0 Å². The summed E-state index contributed by atoms with van der Waals surface area (Å²) in [4.78, 5) is 29.5. The van der Waals surface area contributed by atoms with E-state index in [1.807, 2.05) is 73.7 Å². The molecule has 0 saturated heterocycles. The molecule has 0 spiro atoms. The van der Waals surface area contributed by atoms with Gasteiger partial charge in [0.05, 0.1) is 0 Å². The van der Waals surface area contributed by atoms with E-state index in [0.29, 0.717) is 11.3 Å². The molecule has 6 heteroatoms. The van der Waals surface area contributed by atoms with Gasteiger partial charge < -0.3 is 14.5 Å².